The number of hydrogen-bond donors (Lipinski definition) is 3. The van der Waals surface area contributed by atoms with E-state index in [4.69, 9.17) is 10.6 Å². The number of nitrogens with two attached hydrogens (primary N) is 1. The third-order valence-electron chi connectivity index (χ3n) is 2.72. The van der Waals surface area contributed by atoms with Crippen molar-refractivity contribution in [2.24, 2.45) is 5.84 Å². The van der Waals surface area contributed by atoms with Crippen molar-refractivity contribution in [2.45, 2.75) is 13.0 Å². The van der Waals surface area contributed by atoms with Crippen LogP contribution >= 0.6 is 0 Å². The molecule has 0 radical (unpaired) electrons. The lowest BCUT2D eigenvalue weighted by molar-refractivity contribution is 0.190. The Morgan fingerprint density at radius 1 is 1.20 bits per heavy atom. The van der Waals surface area contributed by atoms with Gasteiger partial charge in [0.1, 0.15) is 11.6 Å². The van der Waals surface area contributed by atoms with E-state index < -0.39 is 0 Å². The first-order valence-corrected chi connectivity index (χ1v) is 6.39. The van der Waals surface area contributed by atoms with E-state index in [2.05, 4.69) is 20.7 Å². The summed E-state index contributed by atoms with van der Waals surface area (Å²) < 4.78 is 5.10. The molecule has 1 heterocycles. The fourth-order valence-corrected chi connectivity index (χ4v) is 1.86. The molecule has 0 aliphatic heterocycles. The summed E-state index contributed by atoms with van der Waals surface area (Å²) in [6.07, 6.45) is 0. The highest BCUT2D eigenvalue weighted by Gasteiger charge is 2.08. The number of nitrogens with zero attached hydrogens (tertiary/aromatic N) is 2. The molecule has 6 nitrogen and oxygen atoms in total. The summed E-state index contributed by atoms with van der Waals surface area (Å²) in [4.78, 5) is 8.86. The summed E-state index contributed by atoms with van der Waals surface area (Å²) in [5.74, 6) is 7.35. The fraction of sp³-hybridized carbons (Fsp3) is 0.286. The van der Waals surface area contributed by atoms with Crippen LogP contribution in [-0.4, -0.2) is 29.7 Å². The number of anilines is 2. The molecule has 0 aliphatic rings. The third kappa shape index (κ3) is 3.66. The molecule has 2 aromatic rings. The quantitative estimate of drug-likeness (QED) is 0.550. The molecule has 0 aliphatic carbocycles. The van der Waals surface area contributed by atoms with Gasteiger partial charge in [0.2, 0.25) is 0 Å². The number of hydrazine groups is 1. The van der Waals surface area contributed by atoms with Gasteiger partial charge in [-0.1, -0.05) is 30.3 Å². The molecule has 1 unspecified atom stereocenters. The van der Waals surface area contributed by atoms with Crippen LogP contribution in [0.4, 0.5) is 11.6 Å². The van der Waals surface area contributed by atoms with Gasteiger partial charge in [-0.15, -0.1) is 0 Å². The maximum atomic E-state index is 5.46. The lowest BCUT2D eigenvalue weighted by Gasteiger charge is -2.15. The number of hydrogen-bond acceptors (Lipinski definition) is 6. The van der Waals surface area contributed by atoms with Gasteiger partial charge in [0.05, 0.1) is 6.61 Å². The van der Waals surface area contributed by atoms with Gasteiger partial charge in [0.25, 0.3) is 0 Å². The first kappa shape index (κ1) is 14.2. The van der Waals surface area contributed by atoms with Crippen molar-refractivity contribution in [3.8, 4) is 11.4 Å². The average Bonchev–Trinajstić information content (AvgIpc) is 2.48. The summed E-state index contributed by atoms with van der Waals surface area (Å²) in [5.41, 5.74) is 3.50. The van der Waals surface area contributed by atoms with E-state index in [-0.39, 0.29) is 6.04 Å². The monoisotopic (exact) mass is 273 g/mol. The maximum Gasteiger partial charge on any atom is 0.163 e. The predicted octanol–water partition coefficient (Wildman–Crippen LogP) is 1.88. The number of benzene rings is 1. The van der Waals surface area contributed by atoms with Crippen LogP contribution in [0.3, 0.4) is 0 Å². The van der Waals surface area contributed by atoms with Crippen molar-refractivity contribution in [1.82, 2.24) is 9.97 Å². The van der Waals surface area contributed by atoms with Crippen LogP contribution in [0, 0.1) is 0 Å². The van der Waals surface area contributed by atoms with Gasteiger partial charge >= 0.3 is 0 Å². The largest absolute Gasteiger partial charge is 0.383 e. The number of rotatable bonds is 6. The van der Waals surface area contributed by atoms with Gasteiger partial charge in [-0.25, -0.2) is 15.8 Å². The van der Waals surface area contributed by atoms with E-state index in [0.717, 1.165) is 5.56 Å². The zero-order valence-electron chi connectivity index (χ0n) is 11.6. The number of ether oxygens (including phenoxy) is 1. The molecule has 1 aromatic carbocycles. The lowest BCUT2D eigenvalue weighted by Crippen LogP contribution is -2.22. The molecule has 1 aromatic heterocycles. The summed E-state index contributed by atoms with van der Waals surface area (Å²) in [7, 11) is 1.67. The topological polar surface area (TPSA) is 85.1 Å². The van der Waals surface area contributed by atoms with Crippen LogP contribution in [0.25, 0.3) is 11.4 Å². The van der Waals surface area contributed by atoms with E-state index in [1.54, 1.807) is 13.2 Å². The molecular formula is C14H19N5O. The van der Waals surface area contributed by atoms with Gasteiger partial charge in [0, 0.05) is 24.8 Å². The second kappa shape index (κ2) is 6.83. The molecule has 0 fully saturated rings. The fourth-order valence-electron chi connectivity index (χ4n) is 1.86. The standard InChI is InChI=1S/C14H19N5O/c1-10(9-20-2)16-12-8-13(19-15)18-14(17-12)11-6-4-3-5-7-11/h3-8,10H,9,15H2,1-2H3,(H2,16,17,18,19). The summed E-state index contributed by atoms with van der Waals surface area (Å²) in [5, 5.41) is 3.26. The molecular weight excluding hydrogens is 254 g/mol. The average molecular weight is 273 g/mol. The molecule has 0 bridgehead atoms. The van der Waals surface area contributed by atoms with Gasteiger partial charge in [-0.05, 0) is 6.92 Å². The minimum atomic E-state index is 0.143. The minimum absolute atomic E-state index is 0.143. The molecule has 0 saturated carbocycles. The first-order valence-electron chi connectivity index (χ1n) is 6.39. The second-order valence-corrected chi connectivity index (χ2v) is 4.47. The zero-order chi connectivity index (χ0) is 14.4. The first-order chi connectivity index (χ1) is 9.72. The van der Waals surface area contributed by atoms with Gasteiger partial charge in [-0.2, -0.15) is 0 Å². The Morgan fingerprint density at radius 3 is 2.55 bits per heavy atom. The highest BCUT2D eigenvalue weighted by Crippen LogP contribution is 2.19. The summed E-state index contributed by atoms with van der Waals surface area (Å²) in [6, 6.07) is 11.7. The molecule has 6 heteroatoms. The lowest BCUT2D eigenvalue weighted by atomic mass is 10.2. The van der Waals surface area contributed by atoms with Crippen molar-refractivity contribution in [1.29, 1.82) is 0 Å². The van der Waals surface area contributed by atoms with Gasteiger partial charge in [0.15, 0.2) is 5.82 Å². The van der Waals surface area contributed by atoms with Crippen molar-refractivity contribution in [2.75, 3.05) is 24.5 Å². The van der Waals surface area contributed by atoms with E-state index in [1.807, 2.05) is 37.3 Å². The van der Waals surface area contributed by atoms with Crippen LogP contribution in [0.1, 0.15) is 6.92 Å². The molecule has 0 saturated heterocycles. The van der Waals surface area contributed by atoms with E-state index in [9.17, 15) is 0 Å². The SMILES string of the molecule is COCC(C)Nc1cc(NN)nc(-c2ccccc2)n1. The maximum absolute atomic E-state index is 5.46. The number of aromatic nitrogens is 2. The third-order valence-corrected chi connectivity index (χ3v) is 2.72. The van der Waals surface area contributed by atoms with Crippen LogP contribution in [-0.2, 0) is 4.74 Å². The summed E-state index contributed by atoms with van der Waals surface area (Å²) in [6.45, 7) is 2.61. The smallest absolute Gasteiger partial charge is 0.163 e. The van der Waals surface area contributed by atoms with Crippen LogP contribution in [0.15, 0.2) is 36.4 Å². The van der Waals surface area contributed by atoms with Crippen molar-refractivity contribution in [3.63, 3.8) is 0 Å². The van der Waals surface area contributed by atoms with Gasteiger partial charge < -0.3 is 15.5 Å². The number of methoxy groups -OCH3 is 1. The van der Waals surface area contributed by atoms with Gasteiger partial charge in [-0.3, -0.25) is 0 Å². The highest BCUT2D eigenvalue weighted by molar-refractivity contribution is 5.61. The van der Waals surface area contributed by atoms with E-state index in [1.165, 1.54) is 0 Å². The Hall–Kier alpha value is -2.18. The minimum Gasteiger partial charge on any atom is -0.383 e. The zero-order valence-corrected chi connectivity index (χ0v) is 11.6. The van der Waals surface area contributed by atoms with Crippen molar-refractivity contribution < 1.29 is 4.74 Å². The number of nitrogen functional groups attached to an aromatic ring is 1. The molecule has 106 valence electrons. The molecule has 1 atom stereocenters. The van der Waals surface area contributed by atoms with Crippen molar-refractivity contribution in [3.05, 3.63) is 36.4 Å². The number of nitrogens with one attached hydrogen (secondary N) is 2. The van der Waals surface area contributed by atoms with Crippen LogP contribution in [0.5, 0.6) is 0 Å². The molecule has 20 heavy (non-hydrogen) atoms. The second-order valence-electron chi connectivity index (χ2n) is 4.47. The van der Waals surface area contributed by atoms with Crippen molar-refractivity contribution >= 4 is 11.6 Å². The Bertz CT molecular complexity index is 547. The van der Waals surface area contributed by atoms with Crippen LogP contribution < -0.4 is 16.6 Å². The predicted molar refractivity (Wildman–Crippen MR) is 80.2 cm³/mol. The Labute approximate surface area is 118 Å². The molecule has 2 rings (SSSR count). The molecule has 4 N–H and O–H groups in total. The van der Waals surface area contributed by atoms with E-state index in [0.29, 0.717) is 24.1 Å². The van der Waals surface area contributed by atoms with Crippen LogP contribution in [0.2, 0.25) is 0 Å². The normalized spacial score (nSPS) is 11.9. The van der Waals surface area contributed by atoms with E-state index >= 15 is 0 Å². The molecule has 0 spiro atoms. The highest BCUT2D eigenvalue weighted by atomic mass is 16.5. The Kier molecular flexibility index (Phi) is 4.86. The summed E-state index contributed by atoms with van der Waals surface area (Å²) >= 11 is 0. The Balaban J connectivity index is 2.29. The molecule has 0 amide bonds. The Morgan fingerprint density at radius 2 is 1.90 bits per heavy atom.